The van der Waals surface area contributed by atoms with Crippen molar-refractivity contribution in [1.29, 1.82) is 0 Å². The molecule has 1 rings (SSSR count). The van der Waals surface area contributed by atoms with Crippen molar-refractivity contribution in [3.8, 4) is 0 Å². The molecule has 1 N–H and O–H groups in total. The van der Waals surface area contributed by atoms with Gasteiger partial charge in [-0.05, 0) is 34.0 Å². The molecule has 0 spiro atoms. The molecule has 1 heterocycles. The van der Waals surface area contributed by atoms with E-state index in [2.05, 4.69) is 5.32 Å². The van der Waals surface area contributed by atoms with Crippen molar-refractivity contribution in [2.24, 2.45) is 0 Å². The molecule has 16 heavy (non-hydrogen) atoms. The average Bonchev–Trinajstić information content (AvgIpc) is 2.54. The SMILES string of the molecule is CNCCN(C)CC(=O)c1cc(C)sc1C. The molecule has 0 saturated heterocycles. The number of carbonyl (C=O) groups excluding carboxylic acids is 1. The summed E-state index contributed by atoms with van der Waals surface area (Å²) in [7, 11) is 3.89. The molecular weight excluding hydrogens is 220 g/mol. The normalized spacial score (nSPS) is 11.1. The number of hydrogen-bond donors (Lipinski definition) is 1. The van der Waals surface area contributed by atoms with Crippen LogP contribution >= 0.6 is 11.3 Å². The van der Waals surface area contributed by atoms with Gasteiger partial charge in [0.1, 0.15) is 0 Å². The van der Waals surface area contributed by atoms with Crippen molar-refractivity contribution < 1.29 is 4.79 Å². The van der Waals surface area contributed by atoms with Crippen LogP contribution in [0.3, 0.4) is 0 Å². The molecule has 0 fully saturated rings. The van der Waals surface area contributed by atoms with E-state index in [9.17, 15) is 4.79 Å². The van der Waals surface area contributed by atoms with Crippen LogP contribution in [0.1, 0.15) is 20.1 Å². The van der Waals surface area contributed by atoms with Gasteiger partial charge in [0, 0.05) is 28.4 Å². The number of Topliss-reactive ketones (excluding diaryl/α,β-unsaturated/α-hetero) is 1. The molecule has 0 radical (unpaired) electrons. The highest BCUT2D eigenvalue weighted by atomic mass is 32.1. The first-order chi connectivity index (χ1) is 7.54. The fourth-order valence-corrected chi connectivity index (χ4v) is 2.56. The number of likely N-dealkylation sites (N-methyl/N-ethyl adjacent to an activating group) is 2. The van der Waals surface area contributed by atoms with E-state index in [0.29, 0.717) is 6.54 Å². The van der Waals surface area contributed by atoms with Crippen molar-refractivity contribution >= 4 is 17.1 Å². The number of hydrogen-bond acceptors (Lipinski definition) is 4. The summed E-state index contributed by atoms with van der Waals surface area (Å²) < 4.78 is 0. The van der Waals surface area contributed by atoms with Gasteiger partial charge in [-0.15, -0.1) is 11.3 Å². The summed E-state index contributed by atoms with van der Waals surface area (Å²) >= 11 is 1.69. The maximum absolute atomic E-state index is 12.0. The van der Waals surface area contributed by atoms with Crippen LogP contribution in [-0.2, 0) is 0 Å². The first kappa shape index (κ1) is 13.4. The first-order valence-electron chi connectivity index (χ1n) is 5.48. The van der Waals surface area contributed by atoms with E-state index in [4.69, 9.17) is 0 Å². The molecule has 0 aliphatic carbocycles. The Labute approximate surface area is 101 Å². The minimum Gasteiger partial charge on any atom is -0.318 e. The summed E-state index contributed by atoms with van der Waals surface area (Å²) in [5, 5.41) is 3.08. The minimum absolute atomic E-state index is 0.223. The molecule has 0 amide bonds. The number of aryl methyl sites for hydroxylation is 2. The highest BCUT2D eigenvalue weighted by molar-refractivity contribution is 7.12. The van der Waals surface area contributed by atoms with Gasteiger partial charge in [0.25, 0.3) is 0 Å². The highest BCUT2D eigenvalue weighted by Crippen LogP contribution is 2.21. The first-order valence-corrected chi connectivity index (χ1v) is 6.29. The summed E-state index contributed by atoms with van der Waals surface area (Å²) in [4.78, 5) is 16.4. The quantitative estimate of drug-likeness (QED) is 0.768. The summed E-state index contributed by atoms with van der Waals surface area (Å²) in [6.07, 6.45) is 0. The summed E-state index contributed by atoms with van der Waals surface area (Å²) in [6.45, 7) is 6.35. The van der Waals surface area contributed by atoms with Gasteiger partial charge < -0.3 is 5.32 Å². The predicted octanol–water partition coefficient (Wildman–Crippen LogP) is 1.70. The topological polar surface area (TPSA) is 32.3 Å². The Morgan fingerprint density at radius 3 is 2.69 bits per heavy atom. The van der Waals surface area contributed by atoms with E-state index in [0.717, 1.165) is 23.5 Å². The Morgan fingerprint density at radius 1 is 1.50 bits per heavy atom. The Hall–Kier alpha value is -0.710. The lowest BCUT2D eigenvalue weighted by Gasteiger charge is -2.14. The van der Waals surface area contributed by atoms with Gasteiger partial charge in [0.05, 0.1) is 6.54 Å². The molecular formula is C12H20N2OS. The Balaban J connectivity index is 2.55. The van der Waals surface area contributed by atoms with Crippen molar-refractivity contribution in [3.63, 3.8) is 0 Å². The number of ketones is 1. The predicted molar refractivity (Wildman–Crippen MR) is 69.5 cm³/mol. The molecule has 0 atom stereocenters. The van der Waals surface area contributed by atoms with E-state index in [-0.39, 0.29) is 5.78 Å². The van der Waals surface area contributed by atoms with Crippen LogP contribution in [-0.4, -0.2) is 44.4 Å². The van der Waals surface area contributed by atoms with Crippen LogP contribution in [0.2, 0.25) is 0 Å². The van der Waals surface area contributed by atoms with E-state index >= 15 is 0 Å². The number of nitrogens with zero attached hydrogens (tertiary/aromatic N) is 1. The third kappa shape index (κ3) is 3.70. The van der Waals surface area contributed by atoms with E-state index in [1.165, 1.54) is 4.88 Å². The van der Waals surface area contributed by atoms with Crippen molar-refractivity contribution in [2.75, 3.05) is 33.7 Å². The maximum Gasteiger partial charge on any atom is 0.177 e. The standard InChI is InChI=1S/C12H20N2OS/c1-9-7-11(10(2)16-9)12(15)8-14(4)6-5-13-3/h7,13H,5-6,8H2,1-4H3. The molecule has 4 heteroatoms. The van der Waals surface area contributed by atoms with Crippen LogP contribution < -0.4 is 5.32 Å². The molecule has 0 aliphatic heterocycles. The summed E-state index contributed by atoms with van der Waals surface area (Å²) in [5.41, 5.74) is 0.888. The van der Waals surface area contributed by atoms with E-state index < -0.39 is 0 Å². The zero-order valence-electron chi connectivity index (χ0n) is 10.5. The lowest BCUT2D eigenvalue weighted by atomic mass is 10.1. The third-order valence-electron chi connectivity index (χ3n) is 2.50. The second-order valence-corrected chi connectivity index (χ2v) is 5.55. The zero-order valence-corrected chi connectivity index (χ0v) is 11.3. The van der Waals surface area contributed by atoms with Crippen LogP contribution in [0.5, 0.6) is 0 Å². The fraction of sp³-hybridized carbons (Fsp3) is 0.583. The third-order valence-corrected chi connectivity index (χ3v) is 3.46. The second kappa shape index (κ2) is 6.13. The number of carbonyl (C=O) groups is 1. The van der Waals surface area contributed by atoms with Gasteiger partial charge in [-0.25, -0.2) is 0 Å². The molecule has 0 aliphatic rings. The van der Waals surface area contributed by atoms with Gasteiger partial charge >= 0.3 is 0 Å². The lowest BCUT2D eigenvalue weighted by molar-refractivity contribution is 0.0947. The molecule has 3 nitrogen and oxygen atoms in total. The van der Waals surface area contributed by atoms with Gasteiger partial charge in [-0.1, -0.05) is 0 Å². The fourth-order valence-electron chi connectivity index (χ4n) is 1.62. The zero-order chi connectivity index (χ0) is 12.1. The van der Waals surface area contributed by atoms with E-state index in [1.54, 1.807) is 11.3 Å². The van der Waals surface area contributed by atoms with Crippen molar-refractivity contribution in [3.05, 3.63) is 21.4 Å². The van der Waals surface area contributed by atoms with Crippen LogP contribution in [0, 0.1) is 13.8 Å². The largest absolute Gasteiger partial charge is 0.318 e. The van der Waals surface area contributed by atoms with Gasteiger partial charge in [-0.3, -0.25) is 9.69 Å². The monoisotopic (exact) mass is 240 g/mol. The average molecular weight is 240 g/mol. The van der Waals surface area contributed by atoms with E-state index in [1.807, 2.05) is 38.9 Å². The van der Waals surface area contributed by atoms with Gasteiger partial charge in [-0.2, -0.15) is 0 Å². The van der Waals surface area contributed by atoms with Gasteiger partial charge in [0.15, 0.2) is 5.78 Å². The number of nitrogens with one attached hydrogen (secondary N) is 1. The lowest BCUT2D eigenvalue weighted by Crippen LogP contribution is -2.31. The molecule has 90 valence electrons. The van der Waals surface area contributed by atoms with Crippen LogP contribution in [0.4, 0.5) is 0 Å². The summed E-state index contributed by atoms with van der Waals surface area (Å²) in [6, 6.07) is 1.99. The smallest absolute Gasteiger partial charge is 0.177 e. The Kier molecular flexibility index (Phi) is 5.12. The molecule has 0 saturated carbocycles. The van der Waals surface area contributed by atoms with Crippen molar-refractivity contribution in [1.82, 2.24) is 10.2 Å². The Bertz CT molecular complexity index is 360. The maximum atomic E-state index is 12.0. The number of rotatable bonds is 6. The molecule has 1 aromatic heterocycles. The molecule has 0 aromatic carbocycles. The molecule has 1 aromatic rings. The summed E-state index contributed by atoms with van der Waals surface area (Å²) in [5.74, 6) is 0.223. The van der Waals surface area contributed by atoms with Gasteiger partial charge in [0.2, 0.25) is 0 Å². The van der Waals surface area contributed by atoms with Crippen LogP contribution in [0.15, 0.2) is 6.07 Å². The number of thiophene rings is 1. The highest BCUT2D eigenvalue weighted by Gasteiger charge is 2.13. The molecule has 0 unspecified atom stereocenters. The second-order valence-electron chi connectivity index (χ2n) is 4.09. The Morgan fingerprint density at radius 2 is 2.19 bits per heavy atom. The van der Waals surface area contributed by atoms with Crippen LogP contribution in [0.25, 0.3) is 0 Å². The minimum atomic E-state index is 0.223. The van der Waals surface area contributed by atoms with Crippen molar-refractivity contribution in [2.45, 2.75) is 13.8 Å². The molecule has 0 bridgehead atoms.